The molecule has 1 heterocycles. The van der Waals surface area contributed by atoms with Crippen molar-refractivity contribution in [1.82, 2.24) is 9.80 Å². The number of amides is 2. The lowest BCUT2D eigenvalue weighted by Crippen LogP contribution is -2.49. The van der Waals surface area contributed by atoms with Gasteiger partial charge in [-0.1, -0.05) is 25.1 Å². The summed E-state index contributed by atoms with van der Waals surface area (Å²) in [4.78, 5) is 29.5. The van der Waals surface area contributed by atoms with E-state index in [0.717, 1.165) is 19.3 Å². The summed E-state index contributed by atoms with van der Waals surface area (Å²) in [5, 5.41) is 0. The third-order valence-corrected chi connectivity index (χ3v) is 5.99. The number of benzene rings is 2. The van der Waals surface area contributed by atoms with Gasteiger partial charge in [0.1, 0.15) is 5.82 Å². The fraction of sp³-hybridized carbons (Fsp3) is 0.364. The summed E-state index contributed by atoms with van der Waals surface area (Å²) < 4.78 is 14.0. The molecule has 1 fully saturated rings. The molecule has 6 heteroatoms. The van der Waals surface area contributed by atoms with Gasteiger partial charge in [0, 0.05) is 34.8 Å². The van der Waals surface area contributed by atoms with Gasteiger partial charge in [0.25, 0.3) is 11.8 Å². The molecule has 0 spiro atoms. The third kappa shape index (κ3) is 4.71. The first kappa shape index (κ1) is 20.8. The monoisotopic (exact) mass is 494 g/mol. The molecule has 0 bridgehead atoms. The summed E-state index contributed by atoms with van der Waals surface area (Å²) in [5.74, 6) is -0.352. The number of rotatable bonds is 5. The summed E-state index contributed by atoms with van der Waals surface area (Å²) in [7, 11) is 0. The van der Waals surface area contributed by atoms with Gasteiger partial charge in [0.2, 0.25) is 0 Å². The average molecular weight is 494 g/mol. The molecule has 0 N–H and O–H groups in total. The summed E-state index contributed by atoms with van der Waals surface area (Å²) in [6, 6.07) is 13.7. The smallest absolute Gasteiger partial charge is 0.255 e. The molecule has 0 unspecified atom stereocenters. The van der Waals surface area contributed by atoms with Crippen LogP contribution in [0.1, 0.15) is 46.9 Å². The van der Waals surface area contributed by atoms with E-state index in [9.17, 15) is 14.0 Å². The molecule has 2 aromatic rings. The Morgan fingerprint density at radius 1 is 1.14 bits per heavy atom. The number of piperidine rings is 1. The molecule has 1 saturated heterocycles. The SMILES string of the molecule is CCCN(C(=O)c1ccc(F)cc1I)C1CCN(C(=O)c2ccccc2)CC1. The van der Waals surface area contributed by atoms with Gasteiger partial charge in [-0.15, -0.1) is 0 Å². The highest BCUT2D eigenvalue weighted by atomic mass is 127. The molecule has 0 aromatic heterocycles. The van der Waals surface area contributed by atoms with Gasteiger partial charge < -0.3 is 9.80 Å². The van der Waals surface area contributed by atoms with Crippen LogP contribution in [0.15, 0.2) is 48.5 Å². The molecule has 1 aliphatic heterocycles. The normalized spacial score (nSPS) is 14.8. The van der Waals surface area contributed by atoms with E-state index < -0.39 is 0 Å². The Balaban J connectivity index is 1.69. The first-order valence-electron chi connectivity index (χ1n) is 9.61. The van der Waals surface area contributed by atoms with E-state index in [2.05, 4.69) is 0 Å². The zero-order valence-electron chi connectivity index (χ0n) is 15.9. The van der Waals surface area contributed by atoms with Crippen molar-refractivity contribution >= 4 is 34.4 Å². The van der Waals surface area contributed by atoms with Crippen LogP contribution in [0.25, 0.3) is 0 Å². The highest BCUT2D eigenvalue weighted by molar-refractivity contribution is 14.1. The second kappa shape index (κ2) is 9.49. The molecule has 3 rings (SSSR count). The van der Waals surface area contributed by atoms with Crippen molar-refractivity contribution in [3.8, 4) is 0 Å². The quantitative estimate of drug-likeness (QED) is 0.571. The lowest BCUT2D eigenvalue weighted by molar-refractivity contribution is 0.0518. The van der Waals surface area contributed by atoms with Crippen LogP contribution in [0, 0.1) is 9.39 Å². The van der Waals surface area contributed by atoms with Crippen molar-refractivity contribution in [3.05, 3.63) is 69.0 Å². The van der Waals surface area contributed by atoms with Crippen molar-refractivity contribution in [1.29, 1.82) is 0 Å². The number of halogens is 2. The first-order valence-corrected chi connectivity index (χ1v) is 10.7. The summed E-state index contributed by atoms with van der Waals surface area (Å²) in [6.45, 7) is 3.96. The van der Waals surface area contributed by atoms with E-state index >= 15 is 0 Å². The number of hydrogen-bond acceptors (Lipinski definition) is 2. The molecule has 0 radical (unpaired) electrons. The maximum atomic E-state index is 13.4. The van der Waals surface area contributed by atoms with Crippen LogP contribution >= 0.6 is 22.6 Å². The van der Waals surface area contributed by atoms with Crippen molar-refractivity contribution in [2.24, 2.45) is 0 Å². The highest BCUT2D eigenvalue weighted by Gasteiger charge is 2.30. The molecule has 1 aliphatic rings. The number of likely N-dealkylation sites (tertiary alicyclic amines) is 1. The van der Waals surface area contributed by atoms with Crippen molar-refractivity contribution < 1.29 is 14.0 Å². The Labute approximate surface area is 178 Å². The second-order valence-electron chi connectivity index (χ2n) is 7.01. The molecule has 0 atom stereocenters. The predicted octanol–water partition coefficient (Wildman–Crippen LogP) is 4.59. The van der Waals surface area contributed by atoms with Crippen molar-refractivity contribution in [2.45, 2.75) is 32.2 Å². The molecule has 0 aliphatic carbocycles. The summed E-state index contributed by atoms with van der Waals surface area (Å²) in [6.07, 6.45) is 2.36. The molecule has 148 valence electrons. The summed E-state index contributed by atoms with van der Waals surface area (Å²) in [5.41, 5.74) is 1.24. The number of carbonyl (C=O) groups excluding carboxylic acids is 2. The summed E-state index contributed by atoms with van der Waals surface area (Å²) >= 11 is 2.01. The van der Waals surface area contributed by atoms with E-state index in [1.807, 2.05) is 69.6 Å². The Kier molecular flexibility index (Phi) is 7.04. The minimum absolute atomic E-state index is 0.0421. The van der Waals surface area contributed by atoms with Crippen molar-refractivity contribution in [2.75, 3.05) is 19.6 Å². The Morgan fingerprint density at radius 2 is 1.82 bits per heavy atom. The minimum atomic E-state index is -0.337. The minimum Gasteiger partial charge on any atom is -0.338 e. The van der Waals surface area contributed by atoms with Gasteiger partial charge in [0.15, 0.2) is 0 Å². The second-order valence-corrected chi connectivity index (χ2v) is 8.17. The standard InChI is InChI=1S/C22H24FIN2O2/c1-2-12-26(22(28)19-9-8-17(23)15-20(19)24)18-10-13-25(14-11-18)21(27)16-6-4-3-5-7-16/h3-9,15,18H,2,10-14H2,1H3. The maximum absolute atomic E-state index is 13.4. The lowest BCUT2D eigenvalue weighted by atomic mass is 10.0. The average Bonchev–Trinajstić information content (AvgIpc) is 2.72. The van der Waals surface area contributed by atoms with Gasteiger partial charge >= 0.3 is 0 Å². The van der Waals surface area contributed by atoms with E-state index in [1.54, 1.807) is 6.07 Å². The Morgan fingerprint density at radius 3 is 2.43 bits per heavy atom. The molecule has 2 amide bonds. The molecule has 4 nitrogen and oxygen atoms in total. The fourth-order valence-electron chi connectivity index (χ4n) is 3.65. The van der Waals surface area contributed by atoms with Crippen LogP contribution in [0.4, 0.5) is 4.39 Å². The molecular formula is C22H24FIN2O2. The van der Waals surface area contributed by atoms with Crippen LogP contribution in [-0.2, 0) is 0 Å². The van der Waals surface area contributed by atoms with Gasteiger partial charge in [-0.3, -0.25) is 9.59 Å². The van der Waals surface area contributed by atoms with Gasteiger partial charge in [-0.25, -0.2) is 4.39 Å². The molecule has 2 aromatic carbocycles. The van der Waals surface area contributed by atoms with Crippen LogP contribution in [0.5, 0.6) is 0 Å². The number of carbonyl (C=O) groups is 2. The molecule has 28 heavy (non-hydrogen) atoms. The lowest BCUT2D eigenvalue weighted by Gasteiger charge is -2.38. The van der Waals surface area contributed by atoms with E-state index in [-0.39, 0.29) is 23.7 Å². The predicted molar refractivity (Wildman–Crippen MR) is 116 cm³/mol. The van der Waals surface area contributed by atoms with Crippen molar-refractivity contribution in [3.63, 3.8) is 0 Å². The van der Waals surface area contributed by atoms with Crippen LogP contribution in [0.2, 0.25) is 0 Å². The van der Waals surface area contributed by atoms with Gasteiger partial charge in [0.05, 0.1) is 5.56 Å². The fourth-order valence-corrected chi connectivity index (χ4v) is 4.36. The van der Waals surface area contributed by atoms with Gasteiger partial charge in [-0.05, 0) is 72.2 Å². The van der Waals surface area contributed by atoms with Crippen LogP contribution in [-0.4, -0.2) is 47.3 Å². The van der Waals surface area contributed by atoms with E-state index in [4.69, 9.17) is 0 Å². The van der Waals surface area contributed by atoms with E-state index in [1.165, 1.54) is 12.1 Å². The van der Waals surface area contributed by atoms with Gasteiger partial charge in [-0.2, -0.15) is 0 Å². The maximum Gasteiger partial charge on any atom is 0.255 e. The number of nitrogens with zero attached hydrogens (tertiary/aromatic N) is 2. The third-order valence-electron chi connectivity index (χ3n) is 5.10. The highest BCUT2D eigenvalue weighted by Crippen LogP contribution is 2.23. The zero-order valence-corrected chi connectivity index (χ0v) is 18.1. The Hall–Kier alpha value is -1.96. The van der Waals surface area contributed by atoms with Crippen LogP contribution < -0.4 is 0 Å². The first-order chi connectivity index (χ1) is 13.5. The van der Waals surface area contributed by atoms with Crippen LogP contribution in [0.3, 0.4) is 0 Å². The Bertz CT molecular complexity index is 836. The number of hydrogen-bond donors (Lipinski definition) is 0. The topological polar surface area (TPSA) is 40.6 Å². The molecule has 0 saturated carbocycles. The van der Waals surface area contributed by atoms with E-state index in [0.29, 0.717) is 34.3 Å². The zero-order chi connectivity index (χ0) is 20.1. The molecular weight excluding hydrogens is 470 g/mol. The largest absolute Gasteiger partial charge is 0.338 e.